The van der Waals surface area contributed by atoms with Crippen molar-refractivity contribution in [3.63, 3.8) is 0 Å². The molecular weight excluding hydrogens is 292 g/mol. The Hall–Kier alpha value is -1.85. The number of amides is 1. The number of ether oxygens (including phenoxy) is 1. The van der Waals surface area contributed by atoms with Crippen LogP contribution in [0.4, 0.5) is 0 Å². The number of nitrogens with one attached hydrogen (secondary N) is 1. The molecule has 1 saturated heterocycles. The normalized spacial score (nSPS) is 19.1. The lowest BCUT2D eigenvalue weighted by Gasteiger charge is -2.32. The van der Waals surface area contributed by atoms with Gasteiger partial charge in [0.25, 0.3) is 0 Å². The monoisotopic (exact) mass is 316 g/mol. The summed E-state index contributed by atoms with van der Waals surface area (Å²) in [7, 11) is 1.54. The summed E-state index contributed by atoms with van der Waals surface area (Å²) < 4.78 is 10.7. The first kappa shape index (κ1) is 16.0. The molecule has 1 aromatic carbocycles. The zero-order valence-electron chi connectivity index (χ0n) is 13.6. The highest BCUT2D eigenvalue weighted by molar-refractivity contribution is 5.77. The minimum Gasteiger partial charge on any atom is -0.460 e. The fraction of sp³-hybridized carbons (Fsp3) is 0.500. The summed E-state index contributed by atoms with van der Waals surface area (Å²) in [5, 5.41) is 4.10. The Labute approximate surface area is 136 Å². The lowest BCUT2D eigenvalue weighted by atomic mass is 9.98. The molecule has 0 radical (unpaired) electrons. The molecule has 5 heteroatoms. The van der Waals surface area contributed by atoms with Gasteiger partial charge in [0.1, 0.15) is 18.0 Å². The van der Waals surface area contributed by atoms with Gasteiger partial charge >= 0.3 is 0 Å². The highest BCUT2D eigenvalue weighted by atomic mass is 16.5. The molecule has 0 aliphatic carbocycles. The van der Waals surface area contributed by atoms with Gasteiger partial charge in [-0.25, -0.2) is 0 Å². The number of carbonyl (C=O) groups is 1. The topological polar surface area (TPSA) is 54.7 Å². The van der Waals surface area contributed by atoms with Crippen molar-refractivity contribution in [3.8, 4) is 0 Å². The van der Waals surface area contributed by atoms with Gasteiger partial charge in [-0.05, 0) is 37.4 Å². The fourth-order valence-electron chi connectivity index (χ4n) is 3.24. The molecule has 1 amide bonds. The molecule has 0 spiro atoms. The summed E-state index contributed by atoms with van der Waals surface area (Å²) >= 11 is 0. The summed E-state index contributed by atoms with van der Waals surface area (Å²) in [6, 6.07) is 10.2. The number of carbonyl (C=O) groups excluding carboxylic acids is 1. The molecule has 1 N–H and O–H groups in total. The minimum atomic E-state index is -0.0399. The second-order valence-electron chi connectivity index (χ2n) is 6.23. The number of hydrogen-bond acceptors (Lipinski definition) is 4. The fourth-order valence-corrected chi connectivity index (χ4v) is 3.24. The van der Waals surface area contributed by atoms with Crippen LogP contribution in [0.15, 0.2) is 34.7 Å². The Morgan fingerprint density at radius 2 is 2.30 bits per heavy atom. The van der Waals surface area contributed by atoms with Crippen molar-refractivity contribution in [1.82, 2.24) is 10.2 Å². The van der Waals surface area contributed by atoms with E-state index in [0.717, 1.165) is 55.8 Å². The van der Waals surface area contributed by atoms with Crippen LogP contribution >= 0.6 is 0 Å². The van der Waals surface area contributed by atoms with Crippen LogP contribution in [0, 0.1) is 5.92 Å². The number of benzene rings is 1. The van der Waals surface area contributed by atoms with Gasteiger partial charge in [-0.15, -0.1) is 0 Å². The van der Waals surface area contributed by atoms with Crippen molar-refractivity contribution in [1.29, 1.82) is 0 Å². The average Bonchev–Trinajstić information content (AvgIpc) is 2.96. The van der Waals surface area contributed by atoms with Crippen LogP contribution in [0.5, 0.6) is 0 Å². The average molecular weight is 316 g/mol. The standard InChI is InChI=1S/C18H24N2O3/c1-22-13-18(21)19-10-14-5-4-8-20(11-14)12-16-9-15-6-2-3-7-17(15)23-16/h2-3,6-7,9,14H,4-5,8,10-13H2,1H3,(H,19,21). The maximum atomic E-state index is 11.5. The molecule has 0 saturated carbocycles. The predicted octanol–water partition coefficient (Wildman–Crippen LogP) is 2.41. The van der Waals surface area contributed by atoms with Gasteiger partial charge in [-0.3, -0.25) is 9.69 Å². The van der Waals surface area contributed by atoms with Crippen LogP contribution in [0.2, 0.25) is 0 Å². The van der Waals surface area contributed by atoms with E-state index >= 15 is 0 Å². The molecule has 0 bridgehead atoms. The summed E-state index contributed by atoms with van der Waals surface area (Å²) in [6.45, 7) is 3.76. The third-order valence-corrected chi connectivity index (χ3v) is 4.32. The van der Waals surface area contributed by atoms with Crippen molar-refractivity contribution in [2.24, 2.45) is 5.92 Å². The van der Waals surface area contributed by atoms with Gasteiger partial charge in [-0.1, -0.05) is 18.2 Å². The van der Waals surface area contributed by atoms with Gasteiger partial charge in [0.15, 0.2) is 0 Å². The molecule has 124 valence electrons. The highest BCUT2D eigenvalue weighted by Crippen LogP contribution is 2.22. The zero-order chi connectivity index (χ0) is 16.1. The molecule has 3 rings (SSSR count). The molecule has 1 atom stereocenters. The van der Waals surface area contributed by atoms with Gasteiger partial charge < -0.3 is 14.5 Å². The summed E-state index contributed by atoms with van der Waals surface area (Å²) in [4.78, 5) is 13.9. The second kappa shape index (κ2) is 7.62. The van der Waals surface area contributed by atoms with E-state index in [1.165, 1.54) is 7.11 Å². The predicted molar refractivity (Wildman–Crippen MR) is 89.1 cm³/mol. The number of hydrogen-bond donors (Lipinski definition) is 1. The highest BCUT2D eigenvalue weighted by Gasteiger charge is 2.21. The minimum absolute atomic E-state index is 0.0399. The Morgan fingerprint density at radius 3 is 3.13 bits per heavy atom. The zero-order valence-corrected chi connectivity index (χ0v) is 13.6. The van der Waals surface area contributed by atoms with Crippen molar-refractivity contribution >= 4 is 16.9 Å². The molecule has 1 aliphatic heterocycles. The number of fused-ring (bicyclic) bond motifs is 1. The summed E-state index contributed by atoms with van der Waals surface area (Å²) in [5.74, 6) is 1.46. The molecule has 5 nitrogen and oxygen atoms in total. The third kappa shape index (κ3) is 4.33. The molecule has 2 heterocycles. The van der Waals surface area contributed by atoms with Crippen LogP contribution in [0.25, 0.3) is 11.0 Å². The Bertz CT molecular complexity index is 620. The van der Waals surface area contributed by atoms with Crippen LogP contribution in [-0.4, -0.2) is 44.2 Å². The van der Waals surface area contributed by atoms with Gasteiger partial charge in [0, 0.05) is 25.6 Å². The lowest BCUT2D eigenvalue weighted by Crippen LogP contribution is -2.41. The molecule has 1 unspecified atom stereocenters. The van der Waals surface area contributed by atoms with Crippen LogP contribution in [0.3, 0.4) is 0 Å². The van der Waals surface area contributed by atoms with E-state index in [4.69, 9.17) is 9.15 Å². The lowest BCUT2D eigenvalue weighted by molar-refractivity contribution is -0.125. The maximum absolute atomic E-state index is 11.5. The van der Waals surface area contributed by atoms with E-state index in [-0.39, 0.29) is 12.5 Å². The number of methoxy groups -OCH3 is 1. The molecule has 23 heavy (non-hydrogen) atoms. The van der Waals surface area contributed by atoms with Crippen molar-refractivity contribution in [2.75, 3.05) is 33.4 Å². The number of para-hydroxylation sites is 1. The molecule has 2 aromatic rings. The molecular formula is C18H24N2O3. The van der Waals surface area contributed by atoms with Gasteiger partial charge in [-0.2, -0.15) is 0 Å². The van der Waals surface area contributed by atoms with Crippen LogP contribution in [-0.2, 0) is 16.1 Å². The van der Waals surface area contributed by atoms with Crippen molar-refractivity contribution in [2.45, 2.75) is 19.4 Å². The Morgan fingerprint density at radius 1 is 1.43 bits per heavy atom. The van der Waals surface area contributed by atoms with Crippen LogP contribution in [0.1, 0.15) is 18.6 Å². The maximum Gasteiger partial charge on any atom is 0.245 e. The molecule has 1 aromatic heterocycles. The quantitative estimate of drug-likeness (QED) is 0.889. The van der Waals surface area contributed by atoms with E-state index in [1.54, 1.807) is 0 Å². The first-order valence-electron chi connectivity index (χ1n) is 8.20. The van der Waals surface area contributed by atoms with E-state index < -0.39 is 0 Å². The van der Waals surface area contributed by atoms with Crippen LogP contribution < -0.4 is 5.32 Å². The third-order valence-electron chi connectivity index (χ3n) is 4.32. The van der Waals surface area contributed by atoms with Crippen molar-refractivity contribution < 1.29 is 13.9 Å². The largest absolute Gasteiger partial charge is 0.460 e. The number of nitrogens with zero attached hydrogens (tertiary/aromatic N) is 1. The van der Waals surface area contributed by atoms with Gasteiger partial charge in [0.2, 0.25) is 5.91 Å². The molecule has 1 fully saturated rings. The first-order chi connectivity index (χ1) is 11.2. The second-order valence-corrected chi connectivity index (χ2v) is 6.23. The Kier molecular flexibility index (Phi) is 5.31. The molecule has 1 aliphatic rings. The number of piperidine rings is 1. The number of likely N-dealkylation sites (tertiary alicyclic amines) is 1. The van der Waals surface area contributed by atoms with E-state index in [0.29, 0.717) is 5.92 Å². The summed E-state index contributed by atoms with van der Waals surface area (Å²) in [5.41, 5.74) is 0.947. The Balaban J connectivity index is 1.53. The van der Waals surface area contributed by atoms with Crippen molar-refractivity contribution in [3.05, 3.63) is 36.1 Å². The smallest absolute Gasteiger partial charge is 0.245 e. The van der Waals surface area contributed by atoms with E-state index in [1.807, 2.05) is 18.2 Å². The van der Waals surface area contributed by atoms with E-state index in [9.17, 15) is 4.79 Å². The first-order valence-corrected chi connectivity index (χ1v) is 8.20. The van der Waals surface area contributed by atoms with E-state index in [2.05, 4.69) is 22.3 Å². The number of rotatable bonds is 6. The van der Waals surface area contributed by atoms with Gasteiger partial charge in [0.05, 0.1) is 6.54 Å². The SMILES string of the molecule is COCC(=O)NCC1CCCN(Cc2cc3ccccc3o2)C1. The summed E-state index contributed by atoms with van der Waals surface area (Å²) in [6.07, 6.45) is 2.31. The number of furan rings is 1.